The quantitative estimate of drug-likeness (QED) is 0.848. The second-order valence-corrected chi connectivity index (χ2v) is 7.71. The van der Waals surface area contributed by atoms with Gasteiger partial charge in [0.15, 0.2) is 0 Å². The standard InChI is InChI=1S/C17H17N3O3S/c1-12-5-6-13(2)16(8-12)24(21,22)20-10-15(11-20)23-17-14(9-18)4-3-7-19-17/h3-8,15H,10-11H2,1-2H3. The van der Waals surface area contributed by atoms with Crippen LogP contribution >= 0.6 is 0 Å². The Hall–Kier alpha value is -2.43. The SMILES string of the molecule is Cc1ccc(C)c(S(=O)(=O)N2CC(Oc3ncccc3C#N)C2)c1. The summed E-state index contributed by atoms with van der Waals surface area (Å²) in [5.74, 6) is 0.244. The van der Waals surface area contributed by atoms with Gasteiger partial charge in [0.1, 0.15) is 17.7 Å². The molecule has 0 N–H and O–H groups in total. The molecule has 0 bridgehead atoms. The van der Waals surface area contributed by atoms with Gasteiger partial charge in [-0.2, -0.15) is 9.57 Å². The zero-order valence-corrected chi connectivity index (χ0v) is 14.2. The maximum Gasteiger partial charge on any atom is 0.243 e. The highest BCUT2D eigenvalue weighted by Gasteiger charge is 2.39. The molecule has 3 rings (SSSR count). The first-order valence-electron chi connectivity index (χ1n) is 7.51. The van der Waals surface area contributed by atoms with E-state index in [9.17, 15) is 8.42 Å². The molecule has 0 aliphatic carbocycles. The molecular formula is C17H17N3O3S. The van der Waals surface area contributed by atoms with E-state index in [2.05, 4.69) is 4.98 Å². The maximum absolute atomic E-state index is 12.7. The van der Waals surface area contributed by atoms with Gasteiger partial charge in [-0.3, -0.25) is 0 Å². The van der Waals surface area contributed by atoms with E-state index in [0.717, 1.165) is 11.1 Å². The summed E-state index contributed by atoms with van der Waals surface area (Å²) in [7, 11) is -3.53. The van der Waals surface area contributed by atoms with E-state index in [1.165, 1.54) is 4.31 Å². The second kappa shape index (κ2) is 6.23. The van der Waals surface area contributed by atoms with Gasteiger partial charge in [-0.25, -0.2) is 13.4 Å². The lowest BCUT2D eigenvalue weighted by Gasteiger charge is -2.37. The molecule has 0 unspecified atom stereocenters. The number of ether oxygens (including phenoxy) is 1. The molecule has 2 heterocycles. The number of hydrogen-bond donors (Lipinski definition) is 0. The lowest BCUT2D eigenvalue weighted by molar-refractivity contribution is 0.0718. The van der Waals surface area contributed by atoms with E-state index in [4.69, 9.17) is 10.00 Å². The van der Waals surface area contributed by atoms with Gasteiger partial charge in [0.25, 0.3) is 0 Å². The van der Waals surface area contributed by atoms with E-state index in [1.807, 2.05) is 25.1 Å². The third kappa shape index (κ3) is 2.98. The van der Waals surface area contributed by atoms with Crippen LogP contribution in [0, 0.1) is 25.2 Å². The van der Waals surface area contributed by atoms with Crippen molar-refractivity contribution >= 4 is 10.0 Å². The molecule has 0 saturated carbocycles. The van der Waals surface area contributed by atoms with E-state index >= 15 is 0 Å². The van der Waals surface area contributed by atoms with Crippen molar-refractivity contribution in [3.63, 3.8) is 0 Å². The van der Waals surface area contributed by atoms with Crippen LogP contribution < -0.4 is 4.74 Å². The number of nitriles is 1. The summed E-state index contributed by atoms with van der Waals surface area (Å²) >= 11 is 0. The van der Waals surface area contributed by atoms with Crippen LogP contribution in [0.15, 0.2) is 41.4 Å². The number of benzene rings is 1. The highest BCUT2D eigenvalue weighted by molar-refractivity contribution is 7.89. The van der Waals surface area contributed by atoms with Crippen molar-refractivity contribution in [1.29, 1.82) is 5.26 Å². The normalized spacial score (nSPS) is 15.5. The van der Waals surface area contributed by atoms with Gasteiger partial charge >= 0.3 is 0 Å². The average molecular weight is 343 g/mol. The minimum Gasteiger partial charge on any atom is -0.471 e. The molecule has 1 aliphatic rings. The Kier molecular flexibility index (Phi) is 4.26. The Labute approximate surface area is 141 Å². The smallest absolute Gasteiger partial charge is 0.243 e. The molecule has 0 atom stereocenters. The van der Waals surface area contributed by atoms with Crippen molar-refractivity contribution in [2.24, 2.45) is 0 Å². The lowest BCUT2D eigenvalue weighted by Crippen LogP contribution is -2.56. The van der Waals surface area contributed by atoms with Crippen LogP contribution in [0.5, 0.6) is 5.88 Å². The second-order valence-electron chi connectivity index (χ2n) is 5.80. The molecule has 0 radical (unpaired) electrons. The van der Waals surface area contributed by atoms with Crippen molar-refractivity contribution in [2.75, 3.05) is 13.1 Å². The van der Waals surface area contributed by atoms with Crippen LogP contribution in [0.1, 0.15) is 16.7 Å². The largest absolute Gasteiger partial charge is 0.471 e. The number of sulfonamides is 1. The highest BCUT2D eigenvalue weighted by Crippen LogP contribution is 2.27. The van der Waals surface area contributed by atoms with E-state index in [0.29, 0.717) is 10.5 Å². The third-order valence-corrected chi connectivity index (χ3v) is 5.92. The number of rotatable bonds is 4. The molecule has 6 nitrogen and oxygen atoms in total. The molecule has 24 heavy (non-hydrogen) atoms. The van der Waals surface area contributed by atoms with Crippen LogP contribution in [-0.2, 0) is 10.0 Å². The van der Waals surface area contributed by atoms with E-state index in [1.54, 1.807) is 31.3 Å². The predicted octanol–water partition coefficient (Wildman–Crippen LogP) is 2.02. The summed E-state index contributed by atoms with van der Waals surface area (Å²) in [4.78, 5) is 4.36. The molecular weight excluding hydrogens is 326 g/mol. The van der Waals surface area contributed by atoms with Crippen molar-refractivity contribution in [3.8, 4) is 11.9 Å². The summed E-state index contributed by atoms with van der Waals surface area (Å²) in [6.07, 6.45) is 1.24. The van der Waals surface area contributed by atoms with Crippen molar-refractivity contribution in [1.82, 2.24) is 9.29 Å². The summed E-state index contributed by atoms with van der Waals surface area (Å²) in [5, 5.41) is 9.03. The van der Waals surface area contributed by atoms with Gasteiger partial charge in [-0.15, -0.1) is 0 Å². The van der Waals surface area contributed by atoms with Gasteiger partial charge in [-0.05, 0) is 43.2 Å². The van der Waals surface area contributed by atoms with Crippen LogP contribution in [0.3, 0.4) is 0 Å². The zero-order chi connectivity index (χ0) is 17.3. The number of nitrogens with zero attached hydrogens (tertiary/aromatic N) is 3. The van der Waals surface area contributed by atoms with Crippen molar-refractivity contribution in [2.45, 2.75) is 24.8 Å². The topological polar surface area (TPSA) is 83.3 Å². The molecule has 0 spiro atoms. The highest BCUT2D eigenvalue weighted by atomic mass is 32.2. The van der Waals surface area contributed by atoms with Gasteiger partial charge in [0.2, 0.25) is 15.9 Å². The monoisotopic (exact) mass is 343 g/mol. The molecule has 0 amide bonds. The number of aryl methyl sites for hydroxylation is 2. The molecule has 1 fully saturated rings. The van der Waals surface area contributed by atoms with Crippen LogP contribution in [0.25, 0.3) is 0 Å². The maximum atomic E-state index is 12.7. The van der Waals surface area contributed by atoms with E-state index in [-0.39, 0.29) is 25.1 Å². The minimum absolute atomic E-state index is 0.244. The molecule has 1 saturated heterocycles. The first-order chi connectivity index (χ1) is 11.4. The number of hydrogen-bond acceptors (Lipinski definition) is 5. The Morgan fingerprint density at radius 1 is 1.29 bits per heavy atom. The Morgan fingerprint density at radius 2 is 2.04 bits per heavy atom. The Bertz CT molecular complexity index is 913. The van der Waals surface area contributed by atoms with Crippen LogP contribution in [-0.4, -0.2) is 36.9 Å². The molecule has 1 aromatic heterocycles. The van der Waals surface area contributed by atoms with Gasteiger partial charge in [0, 0.05) is 6.20 Å². The molecule has 2 aromatic rings. The number of aromatic nitrogens is 1. The summed E-state index contributed by atoms with van der Waals surface area (Å²) in [6.45, 7) is 4.15. The van der Waals surface area contributed by atoms with Gasteiger partial charge in [-0.1, -0.05) is 12.1 Å². The van der Waals surface area contributed by atoms with Crippen LogP contribution in [0.2, 0.25) is 0 Å². The van der Waals surface area contributed by atoms with E-state index < -0.39 is 10.0 Å². The molecule has 1 aromatic carbocycles. The summed E-state index contributed by atoms with van der Waals surface area (Å²) in [6, 6.07) is 10.7. The van der Waals surface area contributed by atoms with Crippen molar-refractivity contribution in [3.05, 3.63) is 53.2 Å². The predicted molar refractivity (Wildman–Crippen MR) is 88.0 cm³/mol. The lowest BCUT2D eigenvalue weighted by atomic mass is 10.2. The molecule has 124 valence electrons. The fourth-order valence-electron chi connectivity index (χ4n) is 2.52. The Balaban J connectivity index is 1.72. The summed E-state index contributed by atoms with van der Waals surface area (Å²) in [5.41, 5.74) is 1.97. The third-order valence-electron chi connectivity index (χ3n) is 3.95. The van der Waals surface area contributed by atoms with Crippen molar-refractivity contribution < 1.29 is 13.2 Å². The number of pyridine rings is 1. The zero-order valence-electron chi connectivity index (χ0n) is 13.4. The summed E-state index contributed by atoms with van der Waals surface area (Å²) < 4.78 is 32.5. The van der Waals surface area contributed by atoms with Gasteiger partial charge in [0.05, 0.1) is 18.0 Å². The Morgan fingerprint density at radius 3 is 2.75 bits per heavy atom. The molecule has 7 heteroatoms. The van der Waals surface area contributed by atoms with Crippen LogP contribution in [0.4, 0.5) is 0 Å². The van der Waals surface area contributed by atoms with Gasteiger partial charge < -0.3 is 4.74 Å². The average Bonchev–Trinajstić information content (AvgIpc) is 2.52. The fourth-order valence-corrected chi connectivity index (χ4v) is 4.34. The first kappa shape index (κ1) is 16.4. The first-order valence-corrected chi connectivity index (χ1v) is 8.95. The fraction of sp³-hybridized carbons (Fsp3) is 0.294. The minimum atomic E-state index is -3.53. The molecule has 1 aliphatic heterocycles.